The maximum absolute atomic E-state index is 13.7. The van der Waals surface area contributed by atoms with Crippen molar-refractivity contribution < 1.29 is 86.0 Å². The molecule has 30 heteroatoms. The van der Waals surface area contributed by atoms with E-state index in [9.17, 15) is 57.5 Å². The van der Waals surface area contributed by atoms with Gasteiger partial charge in [-0.25, -0.2) is 67.3 Å². The summed E-state index contributed by atoms with van der Waals surface area (Å²) in [6.07, 6.45) is 2.27. The number of esters is 4. The van der Waals surface area contributed by atoms with Gasteiger partial charge in [-0.1, -0.05) is 26.3 Å². The third-order valence-electron chi connectivity index (χ3n) is 14.6. The molecule has 0 unspecified atom stereocenters. The van der Waals surface area contributed by atoms with Gasteiger partial charge in [0.05, 0.1) is 39.5 Å². The van der Waals surface area contributed by atoms with Crippen LogP contribution < -0.4 is 31.9 Å². The van der Waals surface area contributed by atoms with Crippen LogP contribution in [0.25, 0.3) is 0 Å². The fraction of sp³-hybridized carbons (Fsp3) is 0.714. The maximum Gasteiger partial charge on any atom is 0.417 e. The van der Waals surface area contributed by atoms with Crippen molar-refractivity contribution in [3.05, 3.63) is 48.6 Å². The summed E-state index contributed by atoms with van der Waals surface area (Å²) in [6.45, 7) is 44.4. The van der Waals surface area contributed by atoms with E-state index in [2.05, 4.69) is 58.2 Å². The minimum absolute atomic E-state index is 0.0239. The van der Waals surface area contributed by atoms with Crippen molar-refractivity contribution in [3.8, 4) is 0 Å². The van der Waals surface area contributed by atoms with Crippen LogP contribution in [0, 0.1) is 0 Å². The summed E-state index contributed by atoms with van der Waals surface area (Å²) >= 11 is 0. The first kappa shape index (κ1) is 91.4. The number of carbonyl (C=O) groups is 12. The molecule has 0 aromatic rings. The Balaban J connectivity index is 6.06. The molecule has 0 aromatic carbocycles. The van der Waals surface area contributed by atoms with Crippen molar-refractivity contribution in [1.29, 1.82) is 0 Å². The second-order valence-electron chi connectivity index (χ2n) is 28.1. The summed E-state index contributed by atoms with van der Waals surface area (Å²) in [4.78, 5) is 163. The quantitative estimate of drug-likeness (QED) is 0.0143. The molecule has 0 saturated heterocycles. The van der Waals surface area contributed by atoms with E-state index in [1.165, 1.54) is 18.7 Å². The lowest BCUT2D eigenvalue weighted by atomic mass is 10.1. The fourth-order valence-electron chi connectivity index (χ4n) is 8.96. The van der Waals surface area contributed by atoms with Gasteiger partial charge in [-0.15, -0.1) is 0 Å². The number of unbranched alkanes of at least 4 members (excludes halogenated alkanes) is 5. The molecule has 0 atom stereocenters. The molecule has 0 spiro atoms. The number of ether oxygens (including phenoxy) is 6. The average Bonchev–Trinajstić information content (AvgIpc) is 0.895. The first-order chi connectivity index (χ1) is 46.6. The highest BCUT2D eigenvalue weighted by atomic mass is 16.6. The Morgan fingerprint density at radius 1 is 0.260 bits per heavy atom. The molecule has 0 rings (SSSR count). The third-order valence-corrected chi connectivity index (χ3v) is 14.6. The Labute approximate surface area is 594 Å². The molecule has 0 fully saturated rings. The molecular formula is C70H122N12O18. The fourth-order valence-corrected chi connectivity index (χ4v) is 8.96. The van der Waals surface area contributed by atoms with Gasteiger partial charge in [0.25, 0.3) is 0 Å². The third kappa shape index (κ3) is 39.9. The van der Waals surface area contributed by atoms with Gasteiger partial charge in [-0.2, -0.15) is 0 Å². The minimum Gasteiger partial charge on any atom is -0.462 e. The SMILES string of the molecule is C=C(C)C(=O)OCCCN(C(=O)NCCCCNC(=O)N(CCCCNC(=O)N(CCOC(=O)C(=C)C)C(C)(C)C)C(=O)OCCCCOC(=O)N(CCCCNC(=O)N(CCCOC(=O)C(=C)C)C(C)(C)C)C(=O)NCCCCNC(=O)N(CCOC(=O)C(=C)C)C(C)(C)C)C(C)(C)C. The molecule has 6 N–H and O–H groups in total. The topological polar surface area (TPSA) is 352 Å². The van der Waals surface area contributed by atoms with Gasteiger partial charge in [0, 0.05) is 110 Å². The summed E-state index contributed by atoms with van der Waals surface area (Å²) in [6, 6.07) is -2.93. The molecule has 0 saturated carbocycles. The van der Waals surface area contributed by atoms with Crippen molar-refractivity contribution in [2.24, 2.45) is 0 Å². The molecule has 0 heterocycles. The van der Waals surface area contributed by atoms with Gasteiger partial charge in [0.2, 0.25) is 0 Å². The van der Waals surface area contributed by atoms with E-state index in [0.717, 1.165) is 9.80 Å². The van der Waals surface area contributed by atoms with E-state index in [1.54, 1.807) is 28.5 Å². The smallest absolute Gasteiger partial charge is 0.417 e. The minimum atomic E-state index is -0.953. The van der Waals surface area contributed by atoms with Crippen LogP contribution in [0.2, 0.25) is 0 Å². The molecule has 100 heavy (non-hydrogen) atoms. The number of urea groups is 6. The van der Waals surface area contributed by atoms with Crippen molar-refractivity contribution in [1.82, 2.24) is 61.3 Å². The summed E-state index contributed by atoms with van der Waals surface area (Å²) < 4.78 is 31.9. The van der Waals surface area contributed by atoms with Gasteiger partial charge in [-0.3, -0.25) is 0 Å². The van der Waals surface area contributed by atoms with E-state index >= 15 is 0 Å². The van der Waals surface area contributed by atoms with Gasteiger partial charge in [0.15, 0.2) is 0 Å². The number of amides is 14. The van der Waals surface area contributed by atoms with Gasteiger partial charge >= 0.3 is 72.3 Å². The van der Waals surface area contributed by atoms with E-state index < -0.39 is 76.3 Å². The van der Waals surface area contributed by atoms with Gasteiger partial charge in [-0.05, 0) is 188 Å². The number of hydrogen-bond donors (Lipinski definition) is 6. The molecule has 0 aliphatic rings. The van der Waals surface area contributed by atoms with Crippen LogP contribution >= 0.6 is 0 Å². The van der Waals surface area contributed by atoms with Crippen LogP contribution in [-0.4, -0.2) is 242 Å². The Hall–Kier alpha value is -8.60. The first-order valence-electron chi connectivity index (χ1n) is 34.5. The summed E-state index contributed by atoms with van der Waals surface area (Å²) in [5.74, 6) is -2.15. The number of rotatable bonds is 43. The van der Waals surface area contributed by atoms with Crippen LogP contribution in [0.15, 0.2) is 48.6 Å². The molecule has 570 valence electrons. The molecule has 30 nitrogen and oxygen atoms in total. The number of carbonyl (C=O) groups excluding carboxylic acids is 12. The van der Waals surface area contributed by atoms with Crippen molar-refractivity contribution in [2.75, 3.05) is 118 Å². The highest BCUT2D eigenvalue weighted by molar-refractivity contribution is 5.92. The maximum atomic E-state index is 13.7. The normalized spacial score (nSPS) is 11.2. The van der Waals surface area contributed by atoms with Crippen molar-refractivity contribution in [3.63, 3.8) is 0 Å². The van der Waals surface area contributed by atoms with Crippen LogP contribution in [0.3, 0.4) is 0 Å². The predicted octanol–water partition coefficient (Wildman–Crippen LogP) is 9.68. The monoisotopic (exact) mass is 1420 g/mol. The Morgan fingerprint density at radius 2 is 0.470 bits per heavy atom. The lowest BCUT2D eigenvalue weighted by molar-refractivity contribution is -0.140. The zero-order valence-corrected chi connectivity index (χ0v) is 63.1. The predicted molar refractivity (Wildman–Crippen MR) is 381 cm³/mol. The Bertz CT molecular complexity index is 2710. The van der Waals surface area contributed by atoms with Gasteiger partial charge < -0.3 is 79.9 Å². The Kier molecular flexibility index (Phi) is 43.4. The summed E-state index contributed by atoms with van der Waals surface area (Å²) in [5, 5.41) is 17.0. The molecule has 0 bridgehead atoms. The van der Waals surface area contributed by atoms with Crippen molar-refractivity contribution >= 4 is 72.3 Å². The summed E-state index contributed by atoms with van der Waals surface area (Å²) in [7, 11) is 0. The molecule has 0 aliphatic carbocycles. The van der Waals surface area contributed by atoms with Crippen molar-refractivity contribution in [2.45, 2.75) is 210 Å². The molecule has 0 radical (unpaired) electrons. The first-order valence-corrected chi connectivity index (χ1v) is 34.5. The standard InChI is InChI=1S/C70H122N12O18/c1-51(2)55(83)95-47-31-41-79(67(9,10)11)61(89)73-35-23-21-33-71-59(87)78(40-28-26-38-76-64(92)82(70(18,19)20)44-50-98-58(86)54(7)8)66(94)100-46-30-29-45-99-65(93)77(39-27-25-37-75-62(90)80(68(12,13)14)42-32-48-96-56(84)52(3)4)60(88)72-34-22-24-36-74-63(91)81(69(15,16)17)43-49-97-57(85)53(5)6/h1,3,5,7,21-50H2,2,4,6,8-20H3,(H,71,87)(H,72,88)(H,73,89)(H,74,91)(H,75,90)(H,76,92). The molecular weight excluding hydrogens is 1300 g/mol. The highest BCUT2D eigenvalue weighted by Gasteiger charge is 2.31. The van der Waals surface area contributed by atoms with E-state index in [4.69, 9.17) is 28.4 Å². The van der Waals surface area contributed by atoms with Crippen LogP contribution in [0.5, 0.6) is 0 Å². The second-order valence-corrected chi connectivity index (χ2v) is 28.1. The number of hydrogen-bond acceptors (Lipinski definition) is 18. The van der Waals surface area contributed by atoms with E-state index in [-0.39, 0.29) is 171 Å². The number of nitrogens with one attached hydrogen (secondary N) is 6. The lowest BCUT2D eigenvalue weighted by Gasteiger charge is -2.35. The zero-order chi connectivity index (χ0) is 76.4. The molecule has 0 aromatic heterocycles. The van der Waals surface area contributed by atoms with Gasteiger partial charge in [0.1, 0.15) is 13.2 Å². The highest BCUT2D eigenvalue weighted by Crippen LogP contribution is 2.18. The number of imide groups is 2. The lowest BCUT2D eigenvalue weighted by Crippen LogP contribution is -2.52. The van der Waals surface area contributed by atoms with Crippen LogP contribution in [-0.2, 0) is 47.6 Å². The Morgan fingerprint density at radius 3 is 0.710 bits per heavy atom. The van der Waals surface area contributed by atoms with Crippen LogP contribution in [0.4, 0.5) is 38.4 Å². The molecule has 14 amide bonds. The second kappa shape index (κ2) is 47.4. The zero-order valence-electron chi connectivity index (χ0n) is 63.1. The number of nitrogens with zero attached hydrogens (tertiary/aromatic N) is 6. The molecule has 0 aliphatic heterocycles. The average molecular weight is 1420 g/mol. The summed E-state index contributed by atoms with van der Waals surface area (Å²) in [5.41, 5.74) is -1.34. The van der Waals surface area contributed by atoms with Crippen LogP contribution in [0.1, 0.15) is 188 Å². The van der Waals surface area contributed by atoms with E-state index in [1.807, 2.05) is 83.1 Å². The van der Waals surface area contributed by atoms with E-state index in [0.29, 0.717) is 64.5 Å². The largest absolute Gasteiger partial charge is 0.462 e.